The molecule has 0 spiro atoms. The van der Waals surface area contributed by atoms with Crippen LogP contribution in [0.25, 0.3) is 0 Å². The van der Waals surface area contributed by atoms with Crippen LogP contribution in [0, 0.1) is 0 Å². The Hall–Kier alpha value is 0.0500. The van der Waals surface area contributed by atoms with Crippen LogP contribution >= 0.6 is 11.8 Å². The third-order valence-corrected chi connectivity index (χ3v) is 4.11. The first-order valence-electron chi connectivity index (χ1n) is 6.98. The minimum atomic E-state index is 0.385. The molecule has 0 aromatic carbocycles. The van der Waals surface area contributed by atoms with E-state index in [0.29, 0.717) is 10.8 Å². The highest BCUT2D eigenvalue weighted by Gasteiger charge is 2.14. The van der Waals surface area contributed by atoms with Gasteiger partial charge in [0.2, 0.25) is 0 Å². The Morgan fingerprint density at radius 1 is 1.24 bits per heavy atom. The van der Waals surface area contributed by atoms with Crippen LogP contribution in [0.1, 0.15) is 59.8 Å². The molecule has 17 heavy (non-hydrogen) atoms. The lowest BCUT2D eigenvalue weighted by Gasteiger charge is -2.23. The average Bonchev–Trinajstić information content (AvgIpc) is 2.24. The Morgan fingerprint density at radius 2 is 1.94 bits per heavy atom. The van der Waals surface area contributed by atoms with Gasteiger partial charge in [0.15, 0.2) is 0 Å². The summed E-state index contributed by atoms with van der Waals surface area (Å²) in [6.07, 6.45) is 8.49. The van der Waals surface area contributed by atoms with E-state index in [1.165, 1.54) is 37.9 Å². The molecule has 0 saturated carbocycles. The first kappa shape index (κ1) is 17.1. The predicted octanol–water partition coefficient (Wildman–Crippen LogP) is 4.63. The van der Waals surface area contributed by atoms with E-state index < -0.39 is 0 Å². The van der Waals surface area contributed by atoms with E-state index in [1.807, 2.05) is 6.08 Å². The van der Waals surface area contributed by atoms with E-state index in [4.69, 9.17) is 0 Å². The second-order valence-electron chi connectivity index (χ2n) is 5.60. The third-order valence-electron chi connectivity index (χ3n) is 2.67. The topological polar surface area (TPSA) is 12.0 Å². The molecule has 2 heteroatoms. The summed E-state index contributed by atoms with van der Waals surface area (Å²) in [4.78, 5) is 0. The summed E-state index contributed by atoms with van der Waals surface area (Å²) >= 11 is 2.07. The van der Waals surface area contributed by atoms with E-state index in [0.717, 1.165) is 6.54 Å². The zero-order chi connectivity index (χ0) is 13.1. The van der Waals surface area contributed by atoms with Gasteiger partial charge in [-0.25, -0.2) is 0 Å². The van der Waals surface area contributed by atoms with Gasteiger partial charge >= 0.3 is 0 Å². The van der Waals surface area contributed by atoms with Crippen LogP contribution in [-0.4, -0.2) is 23.1 Å². The Bertz CT molecular complexity index is 184. The van der Waals surface area contributed by atoms with E-state index >= 15 is 0 Å². The van der Waals surface area contributed by atoms with E-state index in [9.17, 15) is 0 Å². The molecule has 1 unspecified atom stereocenters. The molecule has 0 fully saturated rings. The molecule has 1 N–H and O–H groups in total. The molecule has 0 heterocycles. The predicted molar refractivity (Wildman–Crippen MR) is 83.0 cm³/mol. The van der Waals surface area contributed by atoms with Gasteiger partial charge in [0.25, 0.3) is 0 Å². The van der Waals surface area contributed by atoms with Gasteiger partial charge in [-0.1, -0.05) is 46.6 Å². The maximum absolute atomic E-state index is 3.76. The fraction of sp³-hybridized carbons (Fsp3) is 0.867. The Kier molecular flexibility index (Phi) is 10.0. The van der Waals surface area contributed by atoms with Crippen molar-refractivity contribution in [2.24, 2.45) is 0 Å². The van der Waals surface area contributed by atoms with Crippen molar-refractivity contribution in [1.82, 2.24) is 5.32 Å². The summed E-state index contributed by atoms with van der Waals surface area (Å²) in [6, 6.07) is 0.688. The number of unbranched alkanes of at least 4 members (excludes halogenated alkanes) is 3. The van der Waals surface area contributed by atoms with Crippen LogP contribution in [0.3, 0.4) is 0 Å². The Balaban J connectivity index is 3.70. The fourth-order valence-electron chi connectivity index (χ4n) is 1.74. The molecule has 0 aromatic rings. The number of hydrogen-bond donors (Lipinski definition) is 1. The summed E-state index contributed by atoms with van der Waals surface area (Å²) in [5.41, 5.74) is 0. The monoisotopic (exact) mass is 257 g/mol. The molecule has 102 valence electrons. The Labute approximate surface area is 113 Å². The number of rotatable bonds is 10. The molecular formula is C15H31NS. The molecular weight excluding hydrogens is 226 g/mol. The summed E-state index contributed by atoms with van der Waals surface area (Å²) in [6.45, 7) is 13.9. The molecule has 0 radical (unpaired) electrons. The van der Waals surface area contributed by atoms with Crippen molar-refractivity contribution in [3.05, 3.63) is 12.7 Å². The number of hydrogen-bond acceptors (Lipinski definition) is 2. The summed E-state index contributed by atoms with van der Waals surface area (Å²) in [5, 5.41) is 3.61. The smallest absolute Gasteiger partial charge is 0.0158 e. The molecule has 0 aromatic heterocycles. The van der Waals surface area contributed by atoms with Gasteiger partial charge in [0.1, 0.15) is 0 Å². The minimum Gasteiger partial charge on any atom is -0.313 e. The second kappa shape index (κ2) is 10.0. The quantitative estimate of drug-likeness (QED) is 0.452. The molecule has 0 aliphatic heterocycles. The van der Waals surface area contributed by atoms with Crippen molar-refractivity contribution in [3.8, 4) is 0 Å². The minimum absolute atomic E-state index is 0.385. The summed E-state index contributed by atoms with van der Waals surface area (Å²) < 4.78 is 0.385. The molecule has 0 bridgehead atoms. The van der Waals surface area contributed by atoms with Crippen LogP contribution in [0.5, 0.6) is 0 Å². The van der Waals surface area contributed by atoms with Gasteiger partial charge in [0.05, 0.1) is 0 Å². The SMILES string of the molecule is C=CCCCCCC(CSC(C)(C)C)NCC. The lowest BCUT2D eigenvalue weighted by molar-refractivity contribution is 0.501. The molecule has 0 aliphatic rings. The third kappa shape index (κ3) is 12.3. The van der Waals surface area contributed by atoms with E-state index in [-0.39, 0.29) is 0 Å². The largest absolute Gasteiger partial charge is 0.313 e. The number of thioether (sulfide) groups is 1. The zero-order valence-electron chi connectivity index (χ0n) is 12.2. The van der Waals surface area contributed by atoms with Crippen molar-refractivity contribution < 1.29 is 0 Å². The van der Waals surface area contributed by atoms with Crippen LogP contribution in [0.15, 0.2) is 12.7 Å². The summed E-state index contributed by atoms with van der Waals surface area (Å²) in [7, 11) is 0. The highest BCUT2D eigenvalue weighted by molar-refractivity contribution is 8.00. The normalized spacial score (nSPS) is 13.6. The van der Waals surface area contributed by atoms with Crippen molar-refractivity contribution >= 4 is 11.8 Å². The molecule has 0 rings (SSSR count). The van der Waals surface area contributed by atoms with Gasteiger partial charge in [0, 0.05) is 16.5 Å². The fourth-order valence-corrected chi connectivity index (χ4v) is 2.73. The lowest BCUT2D eigenvalue weighted by atomic mass is 10.1. The van der Waals surface area contributed by atoms with E-state index in [1.54, 1.807) is 0 Å². The number of allylic oxidation sites excluding steroid dienone is 1. The molecule has 0 aliphatic carbocycles. The lowest BCUT2D eigenvalue weighted by Crippen LogP contribution is -2.32. The Morgan fingerprint density at radius 3 is 2.47 bits per heavy atom. The molecule has 0 amide bonds. The number of nitrogens with one attached hydrogen (secondary N) is 1. The van der Waals surface area contributed by atoms with Crippen LogP contribution in [0.4, 0.5) is 0 Å². The van der Waals surface area contributed by atoms with Crippen molar-refractivity contribution in [1.29, 1.82) is 0 Å². The molecule has 1 atom stereocenters. The molecule has 0 saturated heterocycles. The highest BCUT2D eigenvalue weighted by atomic mass is 32.2. The highest BCUT2D eigenvalue weighted by Crippen LogP contribution is 2.24. The van der Waals surface area contributed by atoms with Crippen LogP contribution < -0.4 is 5.32 Å². The first-order chi connectivity index (χ1) is 7.99. The van der Waals surface area contributed by atoms with E-state index in [2.05, 4.69) is 51.4 Å². The second-order valence-corrected chi connectivity index (χ2v) is 7.45. The van der Waals surface area contributed by atoms with Gasteiger partial charge in [-0.15, -0.1) is 6.58 Å². The summed E-state index contributed by atoms with van der Waals surface area (Å²) in [5.74, 6) is 1.23. The average molecular weight is 257 g/mol. The van der Waals surface area contributed by atoms with Gasteiger partial charge in [-0.2, -0.15) is 11.8 Å². The van der Waals surface area contributed by atoms with Crippen molar-refractivity contribution in [2.75, 3.05) is 12.3 Å². The first-order valence-corrected chi connectivity index (χ1v) is 7.96. The van der Waals surface area contributed by atoms with Gasteiger partial charge < -0.3 is 5.32 Å². The zero-order valence-corrected chi connectivity index (χ0v) is 13.0. The van der Waals surface area contributed by atoms with Gasteiger partial charge in [-0.05, 0) is 25.8 Å². The van der Waals surface area contributed by atoms with Crippen molar-refractivity contribution in [2.45, 2.75) is 70.6 Å². The van der Waals surface area contributed by atoms with Gasteiger partial charge in [-0.3, -0.25) is 0 Å². The maximum Gasteiger partial charge on any atom is 0.0158 e. The maximum atomic E-state index is 3.76. The van der Waals surface area contributed by atoms with Crippen LogP contribution in [-0.2, 0) is 0 Å². The standard InChI is InChI=1S/C15H31NS/c1-6-8-9-10-11-12-14(16-7-2)13-17-15(3,4)5/h6,14,16H,1,7-13H2,2-5H3. The van der Waals surface area contributed by atoms with Crippen molar-refractivity contribution in [3.63, 3.8) is 0 Å². The van der Waals surface area contributed by atoms with Crippen LogP contribution in [0.2, 0.25) is 0 Å². The molecule has 1 nitrogen and oxygen atoms in total.